The molecule has 2 heterocycles. The van der Waals surface area contributed by atoms with E-state index in [0.717, 1.165) is 28.1 Å². The molecule has 0 unspecified atom stereocenters. The molecule has 1 aromatic carbocycles. The summed E-state index contributed by atoms with van der Waals surface area (Å²) in [6.07, 6.45) is 3.63. The van der Waals surface area contributed by atoms with Gasteiger partial charge in [-0.1, -0.05) is 37.7 Å². The van der Waals surface area contributed by atoms with Crippen LogP contribution in [-0.4, -0.2) is 44.0 Å². The number of nitrogens with one attached hydrogen (secondary N) is 1. The molecule has 1 aliphatic rings. The van der Waals surface area contributed by atoms with E-state index in [-0.39, 0.29) is 23.5 Å². The van der Waals surface area contributed by atoms with Crippen LogP contribution in [0.25, 0.3) is 6.08 Å². The number of nitrogens with zero attached hydrogens (tertiary/aromatic N) is 4. The number of carbonyl (C=O) groups excluding carboxylic acids is 2. The molecule has 0 aliphatic carbocycles. The second-order valence-corrected chi connectivity index (χ2v) is 9.17. The fraction of sp³-hybridized carbons (Fsp3) is 0.391. The van der Waals surface area contributed by atoms with E-state index in [4.69, 9.17) is 0 Å². The number of hydrogen-bond acceptors (Lipinski definition) is 5. The molecule has 31 heavy (non-hydrogen) atoms. The number of benzene rings is 1. The molecule has 0 bridgehead atoms. The van der Waals surface area contributed by atoms with Crippen LogP contribution in [0.1, 0.15) is 36.2 Å². The maximum absolute atomic E-state index is 13.0. The lowest BCUT2D eigenvalue weighted by atomic mass is 10.1. The molecule has 7 nitrogen and oxygen atoms in total. The van der Waals surface area contributed by atoms with Gasteiger partial charge in [-0.3, -0.25) is 19.2 Å². The van der Waals surface area contributed by atoms with Crippen LogP contribution in [0, 0.1) is 26.7 Å². The van der Waals surface area contributed by atoms with Gasteiger partial charge in [0.15, 0.2) is 5.17 Å². The molecule has 0 saturated heterocycles. The molecule has 1 aliphatic heterocycles. The van der Waals surface area contributed by atoms with E-state index in [0.29, 0.717) is 17.4 Å². The van der Waals surface area contributed by atoms with Crippen molar-refractivity contribution in [1.29, 1.82) is 0 Å². The SMILES string of the molecule is Cc1ccc(C)c(NC(=O)CSC2=NC(=Cc3cn(C)nc3C)C(=O)N2CC(C)C)c1. The minimum absolute atomic E-state index is 0.126. The van der Waals surface area contributed by atoms with Gasteiger partial charge in [-0.25, -0.2) is 4.99 Å². The Morgan fingerprint density at radius 2 is 2.00 bits per heavy atom. The molecule has 0 spiro atoms. The zero-order chi connectivity index (χ0) is 22.7. The minimum atomic E-state index is -0.144. The largest absolute Gasteiger partial charge is 0.325 e. The first-order valence-electron chi connectivity index (χ1n) is 10.3. The summed E-state index contributed by atoms with van der Waals surface area (Å²) < 4.78 is 1.71. The van der Waals surface area contributed by atoms with E-state index < -0.39 is 0 Å². The second-order valence-electron chi connectivity index (χ2n) is 8.23. The fourth-order valence-electron chi connectivity index (χ4n) is 3.26. The van der Waals surface area contributed by atoms with E-state index in [9.17, 15) is 9.59 Å². The highest BCUT2D eigenvalue weighted by atomic mass is 32.2. The Morgan fingerprint density at radius 1 is 1.26 bits per heavy atom. The first-order valence-corrected chi connectivity index (χ1v) is 11.2. The van der Waals surface area contributed by atoms with Crippen molar-refractivity contribution < 1.29 is 9.59 Å². The monoisotopic (exact) mass is 439 g/mol. The number of carbonyl (C=O) groups is 2. The Morgan fingerprint density at radius 3 is 2.65 bits per heavy atom. The Labute approximate surface area is 187 Å². The molecular formula is C23H29N5O2S. The molecule has 0 fully saturated rings. The van der Waals surface area contributed by atoms with E-state index >= 15 is 0 Å². The highest BCUT2D eigenvalue weighted by Gasteiger charge is 2.31. The van der Waals surface area contributed by atoms with E-state index in [2.05, 4.69) is 29.3 Å². The van der Waals surface area contributed by atoms with Crippen LogP contribution < -0.4 is 5.32 Å². The topological polar surface area (TPSA) is 79.6 Å². The molecule has 2 aromatic rings. The van der Waals surface area contributed by atoms with Crippen molar-refractivity contribution in [1.82, 2.24) is 14.7 Å². The number of anilines is 1. The van der Waals surface area contributed by atoms with Gasteiger partial charge in [-0.2, -0.15) is 5.10 Å². The predicted octanol–water partition coefficient (Wildman–Crippen LogP) is 3.91. The van der Waals surface area contributed by atoms with Crippen molar-refractivity contribution in [2.45, 2.75) is 34.6 Å². The smallest absolute Gasteiger partial charge is 0.278 e. The van der Waals surface area contributed by atoms with E-state index in [1.807, 2.05) is 52.2 Å². The highest BCUT2D eigenvalue weighted by Crippen LogP contribution is 2.26. The third kappa shape index (κ3) is 5.64. The van der Waals surface area contributed by atoms with Crippen molar-refractivity contribution in [3.8, 4) is 0 Å². The number of aryl methyl sites for hydroxylation is 4. The van der Waals surface area contributed by atoms with Crippen LogP contribution in [0.3, 0.4) is 0 Å². The average molecular weight is 440 g/mol. The predicted molar refractivity (Wildman–Crippen MR) is 127 cm³/mol. The Bertz CT molecular complexity index is 1070. The van der Waals surface area contributed by atoms with Crippen molar-refractivity contribution in [2.24, 2.45) is 18.0 Å². The van der Waals surface area contributed by atoms with Crippen LogP contribution in [0.2, 0.25) is 0 Å². The lowest BCUT2D eigenvalue weighted by Gasteiger charge is -2.19. The summed E-state index contributed by atoms with van der Waals surface area (Å²) in [6, 6.07) is 5.95. The van der Waals surface area contributed by atoms with Gasteiger partial charge in [-0.05, 0) is 50.0 Å². The van der Waals surface area contributed by atoms with E-state index in [1.54, 1.807) is 15.7 Å². The molecular weight excluding hydrogens is 410 g/mol. The van der Waals surface area contributed by atoms with Gasteiger partial charge < -0.3 is 5.32 Å². The first-order chi connectivity index (χ1) is 14.6. The number of amidine groups is 1. The first kappa shape index (κ1) is 22.8. The normalized spacial score (nSPS) is 15.2. The van der Waals surface area contributed by atoms with Crippen molar-refractivity contribution in [3.05, 3.63) is 52.5 Å². The van der Waals surface area contributed by atoms with Gasteiger partial charge in [0.05, 0.1) is 11.4 Å². The third-order valence-electron chi connectivity index (χ3n) is 4.80. The van der Waals surface area contributed by atoms with Crippen molar-refractivity contribution in [2.75, 3.05) is 17.6 Å². The standard InChI is InChI=1S/C23H29N5O2S/c1-14(2)11-28-22(30)20(10-18-12-27(6)26-17(18)5)25-23(28)31-13-21(29)24-19-9-15(3)7-8-16(19)4/h7-10,12,14H,11,13H2,1-6H3,(H,24,29). The van der Waals surface area contributed by atoms with Gasteiger partial charge in [0, 0.05) is 31.0 Å². The summed E-state index contributed by atoms with van der Waals surface area (Å²) in [5, 5.41) is 7.84. The quantitative estimate of drug-likeness (QED) is 0.692. The van der Waals surface area contributed by atoms with Crippen molar-refractivity contribution in [3.63, 3.8) is 0 Å². The maximum Gasteiger partial charge on any atom is 0.278 e. The van der Waals surface area contributed by atoms with E-state index in [1.165, 1.54) is 11.8 Å². The fourth-order valence-corrected chi connectivity index (χ4v) is 4.07. The molecule has 0 radical (unpaired) electrons. The Hall–Kier alpha value is -2.87. The summed E-state index contributed by atoms with van der Waals surface area (Å²) in [7, 11) is 1.84. The van der Waals surface area contributed by atoms with Crippen LogP contribution >= 0.6 is 11.8 Å². The summed E-state index contributed by atoms with van der Waals surface area (Å²) in [5.74, 6) is 0.180. The van der Waals surface area contributed by atoms with Gasteiger partial charge in [0.1, 0.15) is 5.70 Å². The summed E-state index contributed by atoms with van der Waals surface area (Å²) in [5.41, 5.74) is 4.97. The molecule has 0 saturated carbocycles. The lowest BCUT2D eigenvalue weighted by molar-refractivity contribution is -0.122. The third-order valence-corrected chi connectivity index (χ3v) is 5.78. The molecule has 2 amide bonds. The molecule has 1 N–H and O–H groups in total. The number of amides is 2. The van der Waals surface area contributed by atoms with Gasteiger partial charge in [-0.15, -0.1) is 0 Å². The second kappa shape index (κ2) is 9.51. The molecule has 0 atom stereocenters. The summed E-state index contributed by atoms with van der Waals surface area (Å²) >= 11 is 1.28. The average Bonchev–Trinajstić information content (AvgIpc) is 3.15. The van der Waals surface area contributed by atoms with Gasteiger partial charge >= 0.3 is 0 Å². The number of thioether (sulfide) groups is 1. The van der Waals surface area contributed by atoms with Crippen LogP contribution in [0.4, 0.5) is 5.69 Å². The zero-order valence-corrected chi connectivity index (χ0v) is 19.7. The number of rotatable bonds is 6. The van der Waals surface area contributed by atoms with Gasteiger partial charge in [0.25, 0.3) is 5.91 Å². The Kier molecular flexibility index (Phi) is 7.00. The Balaban J connectivity index is 1.76. The molecule has 8 heteroatoms. The van der Waals surface area contributed by atoms with Crippen LogP contribution in [-0.2, 0) is 16.6 Å². The zero-order valence-electron chi connectivity index (χ0n) is 18.9. The summed E-state index contributed by atoms with van der Waals surface area (Å²) in [6.45, 7) is 10.5. The highest BCUT2D eigenvalue weighted by molar-refractivity contribution is 8.14. The minimum Gasteiger partial charge on any atom is -0.325 e. The number of aromatic nitrogens is 2. The molecule has 164 valence electrons. The number of aliphatic imine (C=N–C) groups is 1. The molecule has 3 rings (SSSR count). The maximum atomic E-state index is 13.0. The van der Waals surface area contributed by atoms with Crippen LogP contribution in [0.15, 0.2) is 35.1 Å². The van der Waals surface area contributed by atoms with Crippen LogP contribution in [0.5, 0.6) is 0 Å². The van der Waals surface area contributed by atoms with Crippen molar-refractivity contribution >= 4 is 40.5 Å². The number of hydrogen-bond donors (Lipinski definition) is 1. The summed E-state index contributed by atoms with van der Waals surface area (Å²) in [4.78, 5) is 31.8. The lowest BCUT2D eigenvalue weighted by Crippen LogP contribution is -2.34. The van der Waals surface area contributed by atoms with Gasteiger partial charge in [0.2, 0.25) is 5.91 Å². The molecule has 1 aromatic heterocycles.